The second-order valence-electron chi connectivity index (χ2n) is 5.35. The Kier molecular flexibility index (Phi) is 4.68. The van der Waals surface area contributed by atoms with Gasteiger partial charge >= 0.3 is 0 Å². The third kappa shape index (κ3) is 3.50. The minimum absolute atomic E-state index is 0.361. The molecule has 21 heavy (non-hydrogen) atoms. The number of fused-ring (bicyclic) bond motifs is 1. The molecule has 0 aromatic heterocycles. The topological polar surface area (TPSA) is 0 Å². The first-order valence-electron chi connectivity index (χ1n) is 6.94. The fourth-order valence-electron chi connectivity index (χ4n) is 2.39. The van der Waals surface area contributed by atoms with Crippen LogP contribution in [0.5, 0.6) is 0 Å². The first-order chi connectivity index (χ1) is 10.2. The van der Waals surface area contributed by atoms with E-state index in [9.17, 15) is 0 Å². The maximum atomic E-state index is 6.08. The molecule has 0 saturated heterocycles. The lowest BCUT2D eigenvalue weighted by molar-refractivity contribution is 1.05. The summed E-state index contributed by atoms with van der Waals surface area (Å²) in [5.74, 6) is 0. The van der Waals surface area contributed by atoms with Gasteiger partial charge < -0.3 is 0 Å². The summed E-state index contributed by atoms with van der Waals surface area (Å²) >= 11 is 9.88. The molecular formula is C18H17ClS2. The number of hydrogen-bond donors (Lipinski definition) is 0. The zero-order valence-corrected chi connectivity index (χ0v) is 14.5. The molecule has 0 amide bonds. The number of halogens is 1. The van der Waals surface area contributed by atoms with Gasteiger partial charge in [-0.15, -0.1) is 23.5 Å². The van der Waals surface area contributed by atoms with Crippen molar-refractivity contribution in [1.82, 2.24) is 0 Å². The molecule has 2 aromatic rings. The van der Waals surface area contributed by atoms with Crippen LogP contribution >= 0.6 is 35.1 Å². The standard InChI is InChI=1S/C18H17ClS2/c1-12-3-6-16(7-4-12)20-18-15(11-19)10-14-9-13(2)5-8-17(14)21-18/h3-9,11,18H,10H2,1-2H3/b15-11+. The molecule has 108 valence electrons. The second kappa shape index (κ2) is 6.51. The molecule has 0 spiro atoms. The van der Waals surface area contributed by atoms with E-state index in [4.69, 9.17) is 11.6 Å². The first-order valence-corrected chi connectivity index (χ1v) is 9.14. The van der Waals surface area contributed by atoms with Gasteiger partial charge in [-0.05, 0) is 49.6 Å². The lowest BCUT2D eigenvalue weighted by atomic mass is 10.0. The lowest BCUT2D eigenvalue weighted by Crippen LogP contribution is -2.11. The average molecular weight is 333 g/mol. The maximum Gasteiger partial charge on any atom is 0.0820 e. The highest BCUT2D eigenvalue weighted by Gasteiger charge is 2.24. The minimum Gasteiger partial charge on any atom is -0.107 e. The molecule has 1 aliphatic rings. The van der Waals surface area contributed by atoms with E-state index in [1.165, 1.54) is 32.1 Å². The molecular weight excluding hydrogens is 316 g/mol. The molecule has 1 atom stereocenters. The molecule has 0 bridgehead atoms. The third-order valence-corrected chi connectivity index (χ3v) is 6.64. The van der Waals surface area contributed by atoms with E-state index in [-0.39, 0.29) is 0 Å². The molecule has 1 unspecified atom stereocenters. The van der Waals surface area contributed by atoms with Crippen LogP contribution in [0.4, 0.5) is 0 Å². The Bertz CT molecular complexity index is 674. The molecule has 2 aromatic carbocycles. The van der Waals surface area contributed by atoms with Crippen molar-refractivity contribution in [3.05, 3.63) is 70.3 Å². The van der Waals surface area contributed by atoms with Gasteiger partial charge in [0.15, 0.2) is 0 Å². The van der Waals surface area contributed by atoms with Gasteiger partial charge in [0.1, 0.15) is 0 Å². The molecule has 0 nitrogen and oxygen atoms in total. The van der Waals surface area contributed by atoms with E-state index >= 15 is 0 Å². The van der Waals surface area contributed by atoms with Crippen molar-refractivity contribution in [3.63, 3.8) is 0 Å². The van der Waals surface area contributed by atoms with Crippen LogP contribution in [0.3, 0.4) is 0 Å². The molecule has 0 saturated carbocycles. The van der Waals surface area contributed by atoms with Crippen molar-refractivity contribution in [3.8, 4) is 0 Å². The van der Waals surface area contributed by atoms with Gasteiger partial charge in [0.25, 0.3) is 0 Å². The van der Waals surface area contributed by atoms with Crippen molar-refractivity contribution in [2.45, 2.75) is 34.6 Å². The summed E-state index contributed by atoms with van der Waals surface area (Å²) in [5, 5.41) is 0. The van der Waals surface area contributed by atoms with Gasteiger partial charge in [-0.1, -0.05) is 47.0 Å². The van der Waals surface area contributed by atoms with E-state index < -0.39 is 0 Å². The van der Waals surface area contributed by atoms with Gasteiger partial charge in [-0.2, -0.15) is 0 Å². The number of hydrogen-bond acceptors (Lipinski definition) is 2. The van der Waals surface area contributed by atoms with Crippen molar-refractivity contribution >= 4 is 35.1 Å². The molecule has 0 aliphatic carbocycles. The van der Waals surface area contributed by atoms with Crippen molar-refractivity contribution in [2.24, 2.45) is 0 Å². The predicted octanol–water partition coefficient (Wildman–Crippen LogP) is 6.19. The fraction of sp³-hybridized carbons (Fsp3) is 0.222. The Hall–Kier alpha value is -0.830. The smallest absolute Gasteiger partial charge is 0.0820 e. The maximum absolute atomic E-state index is 6.08. The van der Waals surface area contributed by atoms with Crippen molar-refractivity contribution < 1.29 is 0 Å². The normalized spacial score (nSPS) is 19.6. The third-order valence-electron chi connectivity index (χ3n) is 3.55. The fourth-order valence-corrected chi connectivity index (χ4v) is 5.38. The SMILES string of the molecule is Cc1ccc(SC2Sc3ccc(C)cc3C/C2=C\Cl)cc1. The monoisotopic (exact) mass is 332 g/mol. The number of thioether (sulfide) groups is 2. The van der Waals surface area contributed by atoms with Crippen LogP contribution in [-0.2, 0) is 6.42 Å². The molecule has 1 aliphatic heterocycles. The van der Waals surface area contributed by atoms with Gasteiger partial charge in [0.05, 0.1) is 4.58 Å². The summed E-state index contributed by atoms with van der Waals surface area (Å²) in [6.07, 6.45) is 0.955. The summed E-state index contributed by atoms with van der Waals surface area (Å²) in [6, 6.07) is 15.4. The quantitative estimate of drug-likeness (QED) is 0.642. The van der Waals surface area contributed by atoms with Crippen molar-refractivity contribution in [2.75, 3.05) is 0 Å². The van der Waals surface area contributed by atoms with Crippen LogP contribution in [0.2, 0.25) is 0 Å². The molecule has 3 heteroatoms. The van der Waals surface area contributed by atoms with Crippen LogP contribution in [0, 0.1) is 13.8 Å². The van der Waals surface area contributed by atoms with E-state index in [0.29, 0.717) is 4.58 Å². The van der Waals surface area contributed by atoms with Crippen LogP contribution < -0.4 is 0 Å². The van der Waals surface area contributed by atoms with Gasteiger partial charge in [0, 0.05) is 15.3 Å². The minimum atomic E-state index is 0.361. The summed E-state index contributed by atoms with van der Waals surface area (Å²) in [7, 11) is 0. The summed E-state index contributed by atoms with van der Waals surface area (Å²) in [4.78, 5) is 2.68. The highest BCUT2D eigenvalue weighted by molar-refractivity contribution is 8.17. The molecule has 0 radical (unpaired) electrons. The zero-order chi connectivity index (χ0) is 14.8. The summed E-state index contributed by atoms with van der Waals surface area (Å²) < 4.78 is 0.361. The molecule has 0 fully saturated rings. The molecule has 0 N–H and O–H groups in total. The first kappa shape index (κ1) is 15.1. The van der Waals surface area contributed by atoms with Gasteiger partial charge in [-0.25, -0.2) is 0 Å². The average Bonchev–Trinajstić information content (AvgIpc) is 2.49. The summed E-state index contributed by atoms with van der Waals surface area (Å²) in [6.45, 7) is 4.26. The molecule has 1 heterocycles. The van der Waals surface area contributed by atoms with Crippen LogP contribution in [0.25, 0.3) is 0 Å². The Morgan fingerprint density at radius 1 is 1.10 bits per heavy atom. The number of aryl methyl sites for hydroxylation is 2. The lowest BCUT2D eigenvalue weighted by Gasteiger charge is -2.26. The highest BCUT2D eigenvalue weighted by Crippen LogP contribution is 2.46. The Morgan fingerprint density at radius 3 is 2.52 bits per heavy atom. The highest BCUT2D eigenvalue weighted by atomic mass is 35.5. The van der Waals surface area contributed by atoms with E-state index in [2.05, 4.69) is 56.3 Å². The van der Waals surface area contributed by atoms with Gasteiger partial charge in [-0.3, -0.25) is 0 Å². The number of rotatable bonds is 2. The van der Waals surface area contributed by atoms with E-state index in [0.717, 1.165) is 6.42 Å². The van der Waals surface area contributed by atoms with Crippen molar-refractivity contribution in [1.29, 1.82) is 0 Å². The summed E-state index contributed by atoms with van der Waals surface area (Å²) in [5.41, 5.74) is 7.07. The van der Waals surface area contributed by atoms with E-state index in [1.807, 2.05) is 23.5 Å². The molecule has 3 rings (SSSR count). The van der Waals surface area contributed by atoms with Crippen LogP contribution in [0.1, 0.15) is 16.7 Å². The largest absolute Gasteiger partial charge is 0.107 e. The van der Waals surface area contributed by atoms with E-state index in [1.54, 1.807) is 5.54 Å². The number of benzene rings is 2. The Balaban J connectivity index is 1.85. The van der Waals surface area contributed by atoms with Crippen LogP contribution in [-0.4, -0.2) is 4.58 Å². The zero-order valence-electron chi connectivity index (χ0n) is 12.1. The predicted molar refractivity (Wildman–Crippen MR) is 95.5 cm³/mol. The van der Waals surface area contributed by atoms with Gasteiger partial charge in [0.2, 0.25) is 0 Å². The van der Waals surface area contributed by atoms with Crippen LogP contribution in [0.15, 0.2) is 63.4 Å². The Labute approximate surface area is 140 Å². The second-order valence-corrected chi connectivity index (χ2v) is 8.19. The Morgan fingerprint density at radius 2 is 1.81 bits per heavy atom.